The van der Waals surface area contributed by atoms with Crippen LogP contribution in [0.2, 0.25) is 0 Å². The molecule has 8 N–H and O–H groups in total. The van der Waals surface area contributed by atoms with Crippen LogP contribution in [0.15, 0.2) is 11.6 Å². The van der Waals surface area contributed by atoms with Gasteiger partial charge < -0.3 is 55.1 Å². The van der Waals surface area contributed by atoms with Gasteiger partial charge in [-0.05, 0) is 56.4 Å². The molecule has 232 valence electrons. The predicted molar refractivity (Wildman–Crippen MR) is 139 cm³/mol. The Morgan fingerprint density at radius 1 is 1.02 bits per heavy atom. The molecule has 0 bridgehead atoms. The molecule has 4 saturated carbocycles. The minimum absolute atomic E-state index is 0.0369. The van der Waals surface area contributed by atoms with E-state index in [1.807, 2.05) is 6.92 Å². The molecule has 15 atom stereocenters. The number of fused-ring (bicyclic) bond motifs is 5. The predicted octanol–water partition coefficient (Wildman–Crippen LogP) is -1.51. The smallest absolute Gasteiger partial charge is 0.331 e. The standard InChI is InChI=1S/C29H44O12/c1-13-22(34)23(35)24(36)25(40-13)41-15-8-19(32)28(12-30)21-17(3-5-27(28,37)9-15)29(38)6-4-16(14-7-20(33)39-11-14)26(29,2)10-18(21)31/h7,13,15-19,21-25,30-32,34-38H,3-6,8-12H2,1-2H3/t13-,15-,16+,17-,18+,19+,21+,22-,23-,24+,25+,26-,27-,28+,29+/m0/s1. The normalized spacial score (nSPS) is 56.9. The molecule has 2 aliphatic heterocycles. The summed E-state index contributed by atoms with van der Waals surface area (Å²) in [5, 5.41) is 89.6. The van der Waals surface area contributed by atoms with Gasteiger partial charge in [-0.15, -0.1) is 0 Å². The summed E-state index contributed by atoms with van der Waals surface area (Å²) < 4.78 is 16.7. The van der Waals surface area contributed by atoms with Crippen LogP contribution in [-0.4, -0.2) is 120 Å². The molecule has 0 amide bonds. The number of aliphatic hydroxyl groups is 8. The quantitative estimate of drug-likeness (QED) is 0.140. The van der Waals surface area contributed by atoms with E-state index >= 15 is 0 Å². The molecule has 0 aromatic heterocycles. The van der Waals surface area contributed by atoms with E-state index in [4.69, 9.17) is 14.2 Å². The maximum absolute atomic E-state index is 12.4. The SMILES string of the molecule is C[C@@H]1O[C@H](O[C@H]2C[C@@H](O)[C@]3(CO)[C@H]4[C@H](O)C[C@@]5(C)[C@@H](C6=CC(=O)OC6)CC[C@@]5(O)[C@H]4CC[C@]3(O)C2)[C@H](O)[C@@H](O)[C@H]1O. The van der Waals surface area contributed by atoms with Gasteiger partial charge in [-0.1, -0.05) is 6.92 Å². The van der Waals surface area contributed by atoms with Crippen LogP contribution in [0.5, 0.6) is 0 Å². The minimum atomic E-state index is -1.67. The Balaban J connectivity index is 1.28. The Labute approximate surface area is 238 Å². The summed E-state index contributed by atoms with van der Waals surface area (Å²) in [5.74, 6) is -1.93. The van der Waals surface area contributed by atoms with Gasteiger partial charge in [0.05, 0.1) is 47.6 Å². The van der Waals surface area contributed by atoms with E-state index in [1.165, 1.54) is 13.0 Å². The third-order valence-electron chi connectivity index (χ3n) is 12.2. The third-order valence-corrected chi connectivity index (χ3v) is 12.2. The third kappa shape index (κ3) is 3.99. The molecule has 0 aromatic rings. The van der Waals surface area contributed by atoms with Crippen molar-refractivity contribution in [1.82, 2.24) is 0 Å². The van der Waals surface area contributed by atoms with Gasteiger partial charge in [-0.2, -0.15) is 0 Å². The van der Waals surface area contributed by atoms with Crippen molar-refractivity contribution in [3.63, 3.8) is 0 Å². The highest BCUT2D eigenvalue weighted by atomic mass is 16.7. The number of hydrogen-bond donors (Lipinski definition) is 8. The maximum atomic E-state index is 12.4. The lowest BCUT2D eigenvalue weighted by Crippen LogP contribution is -2.76. The van der Waals surface area contributed by atoms with Crippen molar-refractivity contribution < 1.29 is 59.9 Å². The fourth-order valence-electron chi connectivity index (χ4n) is 10.1. The van der Waals surface area contributed by atoms with E-state index in [0.29, 0.717) is 19.3 Å². The minimum Gasteiger partial charge on any atom is -0.458 e. The molecule has 6 rings (SSSR count). The van der Waals surface area contributed by atoms with Crippen molar-refractivity contribution in [3.8, 4) is 0 Å². The molecule has 4 aliphatic carbocycles. The van der Waals surface area contributed by atoms with E-state index in [0.717, 1.165) is 5.57 Å². The molecule has 1 saturated heterocycles. The van der Waals surface area contributed by atoms with E-state index in [2.05, 4.69) is 0 Å². The van der Waals surface area contributed by atoms with E-state index in [9.17, 15) is 45.6 Å². The van der Waals surface area contributed by atoms with Crippen LogP contribution >= 0.6 is 0 Å². The first-order valence-electron chi connectivity index (χ1n) is 14.9. The van der Waals surface area contributed by atoms with Gasteiger partial charge in [0.15, 0.2) is 6.29 Å². The van der Waals surface area contributed by atoms with Crippen LogP contribution in [0.25, 0.3) is 0 Å². The molecule has 0 radical (unpaired) electrons. The number of hydrogen-bond acceptors (Lipinski definition) is 12. The zero-order valence-corrected chi connectivity index (χ0v) is 23.5. The number of ether oxygens (including phenoxy) is 3. The van der Waals surface area contributed by atoms with Crippen molar-refractivity contribution in [2.24, 2.45) is 28.6 Å². The molecule has 5 fully saturated rings. The molecule has 12 heteroatoms. The molecular formula is C29H44O12. The van der Waals surface area contributed by atoms with Gasteiger partial charge >= 0.3 is 5.97 Å². The first kappa shape index (κ1) is 29.9. The van der Waals surface area contributed by atoms with Crippen molar-refractivity contribution >= 4 is 5.97 Å². The Morgan fingerprint density at radius 3 is 2.41 bits per heavy atom. The van der Waals surface area contributed by atoms with Crippen molar-refractivity contribution in [3.05, 3.63) is 11.6 Å². The molecule has 0 spiro atoms. The topological polar surface area (TPSA) is 207 Å². The van der Waals surface area contributed by atoms with E-state index < -0.39 is 95.5 Å². The molecule has 0 aromatic carbocycles. The number of aliphatic hydroxyl groups excluding tert-OH is 6. The van der Waals surface area contributed by atoms with Crippen LogP contribution < -0.4 is 0 Å². The number of cyclic esters (lactones) is 1. The molecule has 0 unspecified atom stereocenters. The number of rotatable bonds is 4. The molecule has 2 heterocycles. The Bertz CT molecular complexity index is 1080. The van der Waals surface area contributed by atoms with Crippen LogP contribution in [0.1, 0.15) is 58.8 Å². The molecule has 12 nitrogen and oxygen atoms in total. The van der Waals surface area contributed by atoms with Crippen LogP contribution in [-0.2, 0) is 19.0 Å². The van der Waals surface area contributed by atoms with Gasteiger partial charge in [-0.25, -0.2) is 4.79 Å². The summed E-state index contributed by atoms with van der Waals surface area (Å²) in [6.45, 7) is 3.00. The summed E-state index contributed by atoms with van der Waals surface area (Å²) in [5.41, 5.74) is -4.46. The first-order valence-corrected chi connectivity index (χ1v) is 14.9. The lowest BCUT2D eigenvalue weighted by atomic mass is 9.40. The van der Waals surface area contributed by atoms with Gasteiger partial charge in [0.1, 0.15) is 24.9 Å². The second kappa shape index (κ2) is 9.91. The van der Waals surface area contributed by atoms with Crippen molar-refractivity contribution in [2.45, 2.75) is 119 Å². The summed E-state index contributed by atoms with van der Waals surface area (Å²) in [6, 6.07) is 0. The maximum Gasteiger partial charge on any atom is 0.331 e. The fourth-order valence-corrected chi connectivity index (χ4v) is 10.1. The van der Waals surface area contributed by atoms with Crippen molar-refractivity contribution in [2.75, 3.05) is 13.2 Å². The summed E-state index contributed by atoms with van der Waals surface area (Å²) >= 11 is 0. The average Bonchev–Trinajstić information content (AvgIpc) is 3.45. The van der Waals surface area contributed by atoms with Gasteiger partial charge in [0, 0.05) is 30.3 Å². The first-order chi connectivity index (χ1) is 19.2. The highest BCUT2D eigenvalue weighted by Gasteiger charge is 2.75. The summed E-state index contributed by atoms with van der Waals surface area (Å²) in [6.07, 6.45) is -6.68. The Kier molecular flexibility index (Phi) is 7.22. The number of carbonyl (C=O) groups is 1. The number of esters is 1. The second-order valence-corrected chi connectivity index (χ2v) is 13.8. The zero-order chi connectivity index (χ0) is 29.7. The van der Waals surface area contributed by atoms with Gasteiger partial charge in [0.25, 0.3) is 0 Å². The molecular weight excluding hydrogens is 540 g/mol. The van der Waals surface area contributed by atoms with Gasteiger partial charge in [0.2, 0.25) is 0 Å². The lowest BCUT2D eigenvalue weighted by molar-refractivity contribution is -0.342. The second-order valence-electron chi connectivity index (χ2n) is 13.8. The fraction of sp³-hybridized carbons (Fsp3) is 0.897. The molecule has 6 aliphatic rings. The van der Waals surface area contributed by atoms with Crippen LogP contribution in [0.3, 0.4) is 0 Å². The van der Waals surface area contributed by atoms with Gasteiger partial charge in [-0.3, -0.25) is 0 Å². The summed E-state index contributed by atoms with van der Waals surface area (Å²) in [7, 11) is 0. The zero-order valence-electron chi connectivity index (χ0n) is 23.5. The Morgan fingerprint density at radius 2 is 1.76 bits per heavy atom. The lowest BCUT2D eigenvalue weighted by Gasteiger charge is -2.68. The van der Waals surface area contributed by atoms with Crippen LogP contribution in [0, 0.1) is 28.6 Å². The molecule has 41 heavy (non-hydrogen) atoms. The highest BCUT2D eigenvalue weighted by molar-refractivity contribution is 5.85. The summed E-state index contributed by atoms with van der Waals surface area (Å²) in [4.78, 5) is 11.8. The van der Waals surface area contributed by atoms with Crippen LogP contribution in [0.4, 0.5) is 0 Å². The highest BCUT2D eigenvalue weighted by Crippen LogP contribution is 2.70. The van der Waals surface area contributed by atoms with Crippen molar-refractivity contribution in [1.29, 1.82) is 0 Å². The van der Waals surface area contributed by atoms with E-state index in [1.54, 1.807) is 0 Å². The van der Waals surface area contributed by atoms with E-state index in [-0.39, 0.29) is 38.2 Å². The Hall–Kier alpha value is -1.19. The average molecular weight is 585 g/mol. The number of carbonyl (C=O) groups excluding carboxylic acids is 1. The largest absolute Gasteiger partial charge is 0.458 e. The monoisotopic (exact) mass is 584 g/mol.